The number of hydrogen-bond acceptors (Lipinski definition) is 4. The molecule has 1 saturated heterocycles. The van der Waals surface area contributed by atoms with Gasteiger partial charge in [0.25, 0.3) is 0 Å². The monoisotopic (exact) mass is 346 g/mol. The van der Waals surface area contributed by atoms with Crippen molar-refractivity contribution < 1.29 is 9.13 Å². The zero-order valence-corrected chi connectivity index (χ0v) is 15.2. The van der Waals surface area contributed by atoms with Crippen LogP contribution in [0.3, 0.4) is 0 Å². The van der Waals surface area contributed by atoms with Crippen LogP contribution in [-0.2, 0) is 20.1 Å². The molecule has 0 radical (unpaired) electrons. The topological polar surface area (TPSA) is 33.5 Å². The number of alkyl halides is 1. The lowest BCUT2D eigenvalue weighted by Crippen LogP contribution is -2.38. The largest absolute Gasteiger partial charge is 0.496 e. The molecule has 25 heavy (non-hydrogen) atoms. The molecular weight excluding hydrogens is 319 g/mol. The first-order valence-electron chi connectivity index (χ1n) is 8.72. The number of likely N-dealkylation sites (tertiary alicyclic amines) is 1. The lowest BCUT2D eigenvalue weighted by atomic mass is 10.1. The maximum atomic E-state index is 14.0. The van der Waals surface area contributed by atoms with Gasteiger partial charge < -0.3 is 9.64 Å². The molecule has 0 amide bonds. The molecule has 5 nitrogen and oxygen atoms in total. The van der Waals surface area contributed by atoms with Crippen LogP contribution in [0.15, 0.2) is 36.5 Å². The number of nitrogens with zero attached hydrogens (tertiary/aromatic N) is 4. The number of aromatic nitrogens is 2. The molecule has 1 aromatic carbocycles. The predicted molar refractivity (Wildman–Crippen MR) is 96.2 cm³/mol. The lowest BCUT2D eigenvalue weighted by Gasteiger charge is -2.28. The number of halogens is 1. The third-order valence-electron chi connectivity index (χ3n) is 4.92. The first-order chi connectivity index (χ1) is 12.1. The summed E-state index contributed by atoms with van der Waals surface area (Å²) in [5, 5.41) is 4.21. The SMILES string of the molecule is COc1ccccc1CN(C)C[C@@H]1C[C@H](F)CN1Cc1ccnn1C. The number of rotatable bonds is 7. The van der Waals surface area contributed by atoms with Crippen LogP contribution < -0.4 is 4.74 Å². The van der Waals surface area contributed by atoms with E-state index in [-0.39, 0.29) is 6.04 Å². The van der Waals surface area contributed by atoms with Crippen molar-refractivity contribution in [2.24, 2.45) is 7.05 Å². The molecule has 2 heterocycles. The van der Waals surface area contributed by atoms with E-state index in [1.807, 2.05) is 36.0 Å². The Balaban J connectivity index is 1.62. The predicted octanol–water partition coefficient (Wildman–Crippen LogP) is 2.47. The smallest absolute Gasteiger partial charge is 0.123 e. The molecule has 0 N–H and O–H groups in total. The molecule has 136 valence electrons. The summed E-state index contributed by atoms with van der Waals surface area (Å²) in [7, 11) is 5.71. The highest BCUT2D eigenvalue weighted by Gasteiger charge is 2.33. The number of benzene rings is 1. The Bertz CT molecular complexity index is 690. The summed E-state index contributed by atoms with van der Waals surface area (Å²) >= 11 is 0. The van der Waals surface area contributed by atoms with E-state index in [1.165, 1.54) is 0 Å². The first-order valence-corrected chi connectivity index (χ1v) is 8.72. The number of likely N-dealkylation sites (N-methyl/N-ethyl adjacent to an activating group) is 1. The van der Waals surface area contributed by atoms with E-state index in [4.69, 9.17) is 4.74 Å². The van der Waals surface area contributed by atoms with Crippen LogP contribution in [0.1, 0.15) is 17.7 Å². The summed E-state index contributed by atoms with van der Waals surface area (Å²) in [5.41, 5.74) is 2.27. The second-order valence-corrected chi connectivity index (χ2v) is 6.87. The van der Waals surface area contributed by atoms with Gasteiger partial charge in [0.15, 0.2) is 0 Å². The van der Waals surface area contributed by atoms with Crippen LogP contribution in [-0.4, -0.2) is 59.0 Å². The highest BCUT2D eigenvalue weighted by molar-refractivity contribution is 5.33. The van der Waals surface area contributed by atoms with Gasteiger partial charge in [0.2, 0.25) is 0 Å². The Morgan fingerprint density at radius 2 is 2.12 bits per heavy atom. The Labute approximate surface area is 149 Å². The minimum absolute atomic E-state index is 0.213. The van der Waals surface area contributed by atoms with Crippen molar-refractivity contribution in [3.8, 4) is 5.75 Å². The maximum absolute atomic E-state index is 14.0. The molecule has 6 heteroatoms. The van der Waals surface area contributed by atoms with Crippen molar-refractivity contribution in [3.05, 3.63) is 47.8 Å². The molecule has 2 aromatic rings. The third kappa shape index (κ3) is 4.38. The average Bonchev–Trinajstić information content (AvgIpc) is 3.14. The molecule has 0 aliphatic carbocycles. The van der Waals surface area contributed by atoms with Gasteiger partial charge in [-0.1, -0.05) is 18.2 Å². The summed E-state index contributed by atoms with van der Waals surface area (Å²) in [6.07, 6.45) is 1.63. The summed E-state index contributed by atoms with van der Waals surface area (Å²) < 4.78 is 21.3. The molecule has 0 spiro atoms. The Morgan fingerprint density at radius 1 is 1.32 bits per heavy atom. The molecule has 2 atom stereocenters. The average molecular weight is 346 g/mol. The highest BCUT2D eigenvalue weighted by atomic mass is 19.1. The summed E-state index contributed by atoms with van der Waals surface area (Å²) in [4.78, 5) is 4.48. The number of methoxy groups -OCH3 is 1. The molecule has 1 aromatic heterocycles. The van der Waals surface area contributed by atoms with Crippen LogP contribution in [0.2, 0.25) is 0 Å². The zero-order chi connectivity index (χ0) is 17.8. The van der Waals surface area contributed by atoms with Crippen molar-refractivity contribution in [3.63, 3.8) is 0 Å². The van der Waals surface area contributed by atoms with Crippen molar-refractivity contribution in [2.75, 3.05) is 27.2 Å². The van der Waals surface area contributed by atoms with E-state index in [0.717, 1.165) is 36.6 Å². The van der Waals surface area contributed by atoms with Gasteiger partial charge in [0.05, 0.1) is 12.8 Å². The second-order valence-electron chi connectivity index (χ2n) is 6.87. The van der Waals surface area contributed by atoms with Gasteiger partial charge in [0, 0.05) is 51.0 Å². The number of para-hydroxylation sites is 1. The quantitative estimate of drug-likeness (QED) is 0.771. The van der Waals surface area contributed by atoms with E-state index in [9.17, 15) is 4.39 Å². The lowest BCUT2D eigenvalue weighted by molar-refractivity contribution is 0.176. The van der Waals surface area contributed by atoms with Crippen LogP contribution in [0.4, 0.5) is 4.39 Å². The molecular formula is C19H27FN4O. The van der Waals surface area contributed by atoms with E-state index in [0.29, 0.717) is 13.0 Å². The molecule has 1 fully saturated rings. The van der Waals surface area contributed by atoms with Gasteiger partial charge in [0.1, 0.15) is 11.9 Å². The highest BCUT2D eigenvalue weighted by Crippen LogP contribution is 2.25. The molecule has 1 aliphatic rings. The van der Waals surface area contributed by atoms with Crippen molar-refractivity contribution >= 4 is 0 Å². The van der Waals surface area contributed by atoms with Crippen molar-refractivity contribution in [1.82, 2.24) is 19.6 Å². The normalized spacial score (nSPS) is 21.2. The Morgan fingerprint density at radius 3 is 2.84 bits per heavy atom. The first kappa shape index (κ1) is 17.9. The van der Waals surface area contributed by atoms with Gasteiger partial charge in [-0.25, -0.2) is 4.39 Å². The minimum Gasteiger partial charge on any atom is -0.496 e. The van der Waals surface area contributed by atoms with E-state index in [2.05, 4.69) is 28.0 Å². The fourth-order valence-electron chi connectivity index (χ4n) is 3.62. The fourth-order valence-corrected chi connectivity index (χ4v) is 3.62. The fraction of sp³-hybridized carbons (Fsp3) is 0.526. The van der Waals surface area contributed by atoms with Crippen molar-refractivity contribution in [1.29, 1.82) is 0 Å². The standard InChI is InChI=1S/C19H27FN4O/c1-22(11-15-6-4-5-7-19(15)25-3)13-18-10-16(20)12-24(18)14-17-8-9-21-23(17)2/h4-9,16,18H,10-14H2,1-3H3/t16-,18-/m0/s1. The van der Waals surface area contributed by atoms with E-state index < -0.39 is 6.17 Å². The number of ether oxygens (including phenoxy) is 1. The van der Waals surface area contributed by atoms with Gasteiger partial charge in [-0.05, 0) is 25.6 Å². The van der Waals surface area contributed by atoms with Crippen LogP contribution in [0.5, 0.6) is 5.75 Å². The van der Waals surface area contributed by atoms with E-state index in [1.54, 1.807) is 13.3 Å². The third-order valence-corrected chi connectivity index (χ3v) is 4.92. The van der Waals surface area contributed by atoms with Gasteiger partial charge in [-0.3, -0.25) is 9.58 Å². The van der Waals surface area contributed by atoms with Gasteiger partial charge >= 0.3 is 0 Å². The Hall–Kier alpha value is -1.92. The summed E-state index contributed by atoms with van der Waals surface area (Å²) in [6.45, 7) is 2.86. The Kier molecular flexibility index (Phi) is 5.71. The molecule has 3 rings (SSSR count). The minimum atomic E-state index is -0.752. The van der Waals surface area contributed by atoms with Crippen LogP contribution in [0, 0.1) is 0 Å². The molecule has 0 saturated carbocycles. The van der Waals surface area contributed by atoms with E-state index >= 15 is 0 Å². The summed E-state index contributed by atoms with van der Waals surface area (Å²) in [5.74, 6) is 0.899. The van der Waals surface area contributed by atoms with Crippen LogP contribution >= 0.6 is 0 Å². The number of aryl methyl sites for hydroxylation is 1. The summed E-state index contributed by atoms with van der Waals surface area (Å²) in [6, 6.07) is 10.3. The maximum Gasteiger partial charge on any atom is 0.123 e. The molecule has 0 unspecified atom stereocenters. The van der Waals surface area contributed by atoms with Crippen LogP contribution in [0.25, 0.3) is 0 Å². The number of hydrogen-bond donors (Lipinski definition) is 0. The second kappa shape index (κ2) is 7.97. The molecule has 1 aliphatic heterocycles. The van der Waals surface area contributed by atoms with Crippen molar-refractivity contribution in [2.45, 2.75) is 31.7 Å². The van der Waals surface area contributed by atoms with Gasteiger partial charge in [-0.2, -0.15) is 5.10 Å². The zero-order valence-electron chi connectivity index (χ0n) is 15.2. The molecule has 0 bridgehead atoms. The van der Waals surface area contributed by atoms with Gasteiger partial charge in [-0.15, -0.1) is 0 Å².